The zero-order chi connectivity index (χ0) is 19.2. The van der Waals surface area contributed by atoms with Gasteiger partial charge < -0.3 is 19.7 Å². The number of methoxy groups -OCH3 is 2. The zero-order valence-corrected chi connectivity index (χ0v) is 16.3. The maximum absolute atomic E-state index is 12.7. The summed E-state index contributed by atoms with van der Waals surface area (Å²) in [5.74, 6) is 1.35. The van der Waals surface area contributed by atoms with Crippen molar-refractivity contribution in [3.8, 4) is 11.5 Å². The highest BCUT2D eigenvalue weighted by Gasteiger charge is 2.30. The van der Waals surface area contributed by atoms with Gasteiger partial charge in [0.15, 0.2) is 11.5 Å². The molecule has 2 aliphatic rings. The molecule has 0 bridgehead atoms. The summed E-state index contributed by atoms with van der Waals surface area (Å²) in [5.41, 5.74) is 0.470. The SMILES string of the molecule is COc1cccc(C(=O)NC2CCN(C(=O)C3CCCCC3)CC2)c1OC. The van der Waals surface area contributed by atoms with Crippen molar-refractivity contribution in [1.29, 1.82) is 0 Å². The summed E-state index contributed by atoms with van der Waals surface area (Å²) in [7, 11) is 3.09. The average molecular weight is 374 g/mol. The van der Waals surface area contributed by atoms with E-state index in [0.29, 0.717) is 23.0 Å². The van der Waals surface area contributed by atoms with Gasteiger partial charge in [-0.2, -0.15) is 0 Å². The summed E-state index contributed by atoms with van der Waals surface area (Å²) in [5, 5.41) is 3.09. The lowest BCUT2D eigenvalue weighted by molar-refractivity contribution is -0.137. The fourth-order valence-electron chi connectivity index (χ4n) is 4.18. The molecule has 1 N–H and O–H groups in total. The summed E-state index contributed by atoms with van der Waals surface area (Å²) in [6, 6.07) is 5.36. The number of hydrogen-bond donors (Lipinski definition) is 1. The van der Waals surface area contributed by atoms with Crippen LogP contribution in [0.5, 0.6) is 11.5 Å². The Hall–Kier alpha value is -2.24. The van der Waals surface area contributed by atoms with Crippen LogP contribution in [0.2, 0.25) is 0 Å². The molecule has 2 amide bonds. The number of nitrogens with zero attached hydrogens (tertiary/aromatic N) is 1. The Morgan fingerprint density at radius 3 is 2.33 bits per heavy atom. The van der Waals surface area contributed by atoms with E-state index in [9.17, 15) is 9.59 Å². The van der Waals surface area contributed by atoms with Gasteiger partial charge in [-0.05, 0) is 37.8 Å². The van der Waals surface area contributed by atoms with Crippen LogP contribution >= 0.6 is 0 Å². The van der Waals surface area contributed by atoms with Crippen molar-refractivity contribution in [2.24, 2.45) is 5.92 Å². The van der Waals surface area contributed by atoms with E-state index in [1.54, 1.807) is 25.3 Å². The van der Waals surface area contributed by atoms with Gasteiger partial charge in [0.2, 0.25) is 5.91 Å². The zero-order valence-electron chi connectivity index (χ0n) is 16.3. The first-order valence-corrected chi connectivity index (χ1v) is 9.94. The number of rotatable bonds is 5. The Kier molecular flexibility index (Phi) is 6.58. The van der Waals surface area contributed by atoms with E-state index in [2.05, 4.69) is 5.32 Å². The fraction of sp³-hybridized carbons (Fsp3) is 0.619. The lowest BCUT2D eigenvalue weighted by Crippen LogP contribution is -2.48. The molecule has 1 aromatic rings. The first-order chi connectivity index (χ1) is 13.1. The Balaban J connectivity index is 1.55. The molecule has 1 heterocycles. The summed E-state index contributed by atoms with van der Waals surface area (Å²) < 4.78 is 10.6. The van der Waals surface area contributed by atoms with Gasteiger partial charge in [0.25, 0.3) is 5.91 Å². The van der Waals surface area contributed by atoms with Gasteiger partial charge in [0.05, 0.1) is 19.8 Å². The monoisotopic (exact) mass is 374 g/mol. The molecule has 2 fully saturated rings. The Bertz CT molecular complexity index is 662. The van der Waals surface area contributed by atoms with Crippen LogP contribution in [0.25, 0.3) is 0 Å². The molecular weight excluding hydrogens is 344 g/mol. The molecule has 1 saturated heterocycles. The normalized spacial score (nSPS) is 18.8. The van der Waals surface area contributed by atoms with E-state index >= 15 is 0 Å². The van der Waals surface area contributed by atoms with Crippen LogP contribution in [-0.2, 0) is 4.79 Å². The van der Waals surface area contributed by atoms with Gasteiger partial charge in [0.1, 0.15) is 0 Å². The van der Waals surface area contributed by atoms with Crippen molar-refractivity contribution in [2.75, 3.05) is 27.3 Å². The van der Waals surface area contributed by atoms with Gasteiger partial charge >= 0.3 is 0 Å². The molecule has 3 rings (SSSR count). The maximum atomic E-state index is 12.7. The van der Waals surface area contributed by atoms with Crippen LogP contribution < -0.4 is 14.8 Å². The summed E-state index contributed by atoms with van der Waals surface area (Å²) in [6.07, 6.45) is 7.24. The van der Waals surface area contributed by atoms with E-state index in [1.165, 1.54) is 26.4 Å². The predicted octanol–water partition coefficient (Wildman–Crippen LogP) is 3.00. The molecule has 1 aromatic carbocycles. The van der Waals surface area contributed by atoms with Crippen LogP contribution in [0.4, 0.5) is 0 Å². The molecule has 0 radical (unpaired) electrons. The topological polar surface area (TPSA) is 67.9 Å². The highest BCUT2D eigenvalue weighted by atomic mass is 16.5. The number of amides is 2. The molecule has 0 atom stereocenters. The van der Waals surface area contributed by atoms with E-state index in [-0.39, 0.29) is 17.9 Å². The first kappa shape index (κ1) is 19.5. The number of nitrogens with one attached hydrogen (secondary N) is 1. The standard InChI is InChI=1S/C21H30N2O4/c1-26-18-10-6-9-17(19(18)27-2)20(24)22-16-11-13-23(14-12-16)21(25)15-7-4-3-5-8-15/h6,9-10,15-16H,3-5,7-8,11-14H2,1-2H3,(H,22,24). The van der Waals surface area contributed by atoms with Crippen LogP contribution in [-0.4, -0.2) is 50.1 Å². The van der Waals surface area contributed by atoms with Crippen molar-refractivity contribution in [3.05, 3.63) is 23.8 Å². The van der Waals surface area contributed by atoms with Crippen molar-refractivity contribution in [2.45, 2.75) is 51.0 Å². The fourth-order valence-corrected chi connectivity index (χ4v) is 4.18. The third-order valence-corrected chi connectivity index (χ3v) is 5.74. The predicted molar refractivity (Wildman–Crippen MR) is 103 cm³/mol. The molecule has 1 aliphatic carbocycles. The quantitative estimate of drug-likeness (QED) is 0.860. The van der Waals surface area contributed by atoms with E-state index < -0.39 is 0 Å². The van der Waals surface area contributed by atoms with E-state index in [4.69, 9.17) is 9.47 Å². The maximum Gasteiger partial charge on any atom is 0.255 e. The number of carbonyl (C=O) groups excluding carboxylic acids is 2. The Labute approximate surface area is 161 Å². The smallest absolute Gasteiger partial charge is 0.255 e. The number of para-hydroxylation sites is 1. The highest BCUT2D eigenvalue weighted by Crippen LogP contribution is 2.31. The van der Waals surface area contributed by atoms with Gasteiger partial charge in [0, 0.05) is 25.0 Å². The van der Waals surface area contributed by atoms with Crippen molar-refractivity contribution in [1.82, 2.24) is 10.2 Å². The van der Waals surface area contributed by atoms with Gasteiger partial charge in [-0.3, -0.25) is 9.59 Å². The number of ether oxygens (including phenoxy) is 2. The number of piperidine rings is 1. The second kappa shape index (κ2) is 9.11. The van der Waals surface area contributed by atoms with Crippen molar-refractivity contribution < 1.29 is 19.1 Å². The highest BCUT2D eigenvalue weighted by molar-refractivity contribution is 5.98. The van der Waals surface area contributed by atoms with Crippen molar-refractivity contribution >= 4 is 11.8 Å². The van der Waals surface area contributed by atoms with Crippen molar-refractivity contribution in [3.63, 3.8) is 0 Å². The second-order valence-corrected chi connectivity index (χ2v) is 7.45. The molecule has 1 saturated carbocycles. The van der Waals surface area contributed by atoms with E-state index in [1.807, 2.05) is 4.90 Å². The minimum absolute atomic E-state index is 0.0730. The number of likely N-dealkylation sites (tertiary alicyclic amines) is 1. The lowest BCUT2D eigenvalue weighted by atomic mass is 9.87. The van der Waals surface area contributed by atoms with Gasteiger partial charge in [-0.25, -0.2) is 0 Å². The third kappa shape index (κ3) is 4.54. The lowest BCUT2D eigenvalue weighted by Gasteiger charge is -2.35. The summed E-state index contributed by atoms with van der Waals surface area (Å²) >= 11 is 0. The van der Waals surface area contributed by atoms with E-state index in [0.717, 1.165) is 38.8 Å². The van der Waals surface area contributed by atoms with Crippen LogP contribution in [0, 0.1) is 5.92 Å². The number of hydrogen-bond acceptors (Lipinski definition) is 4. The van der Waals surface area contributed by atoms with Crippen LogP contribution in [0.3, 0.4) is 0 Å². The summed E-state index contributed by atoms with van der Waals surface area (Å²) in [6.45, 7) is 1.44. The molecule has 0 spiro atoms. The first-order valence-electron chi connectivity index (χ1n) is 9.94. The largest absolute Gasteiger partial charge is 0.493 e. The number of carbonyl (C=O) groups is 2. The number of benzene rings is 1. The van der Waals surface area contributed by atoms with Crippen LogP contribution in [0.15, 0.2) is 18.2 Å². The summed E-state index contributed by atoms with van der Waals surface area (Å²) in [4.78, 5) is 27.4. The molecule has 6 heteroatoms. The Morgan fingerprint density at radius 2 is 1.70 bits per heavy atom. The van der Waals surface area contributed by atoms with Gasteiger partial charge in [-0.15, -0.1) is 0 Å². The molecule has 6 nitrogen and oxygen atoms in total. The molecule has 1 aliphatic heterocycles. The minimum Gasteiger partial charge on any atom is -0.493 e. The third-order valence-electron chi connectivity index (χ3n) is 5.74. The molecule has 0 unspecified atom stereocenters. The minimum atomic E-state index is -0.164. The Morgan fingerprint density at radius 1 is 1.00 bits per heavy atom. The molecular formula is C21H30N2O4. The molecule has 0 aromatic heterocycles. The molecule has 27 heavy (non-hydrogen) atoms. The average Bonchev–Trinajstić information content (AvgIpc) is 2.73. The molecule has 148 valence electrons. The van der Waals surface area contributed by atoms with Gasteiger partial charge in [-0.1, -0.05) is 25.3 Å². The van der Waals surface area contributed by atoms with Crippen LogP contribution in [0.1, 0.15) is 55.3 Å². The second-order valence-electron chi connectivity index (χ2n) is 7.45.